The molecule has 2 heterocycles. The zero-order valence-corrected chi connectivity index (χ0v) is 15.4. The van der Waals surface area contributed by atoms with Crippen LogP contribution < -0.4 is 0 Å². The topological polar surface area (TPSA) is 93.8 Å². The number of carboxylic acids is 1. The number of hydrogen-bond acceptors (Lipinski definition) is 6. The van der Waals surface area contributed by atoms with Gasteiger partial charge in [0.2, 0.25) is 0 Å². The lowest BCUT2D eigenvalue weighted by molar-refractivity contribution is 0.0701. The van der Waals surface area contributed by atoms with Crippen molar-refractivity contribution in [3.8, 4) is 33.1 Å². The molecule has 0 aliphatic carbocycles. The van der Waals surface area contributed by atoms with E-state index in [9.17, 15) is 9.90 Å². The molecule has 0 amide bonds. The Morgan fingerprint density at radius 2 is 1.85 bits per heavy atom. The fourth-order valence-electron chi connectivity index (χ4n) is 2.91. The minimum atomic E-state index is -0.963. The Balaban J connectivity index is 1.91. The summed E-state index contributed by atoms with van der Waals surface area (Å²) in [6, 6.07) is 15.9. The highest BCUT2D eigenvalue weighted by atomic mass is 32.1. The Labute approximate surface area is 158 Å². The summed E-state index contributed by atoms with van der Waals surface area (Å²) in [7, 11) is 1.78. The second-order valence-electron chi connectivity index (χ2n) is 5.99. The van der Waals surface area contributed by atoms with Gasteiger partial charge in [0, 0.05) is 18.2 Å². The van der Waals surface area contributed by atoms with Crippen molar-refractivity contribution < 1.29 is 9.90 Å². The molecule has 1 N–H and O–H groups in total. The van der Waals surface area contributed by atoms with Crippen LogP contribution in [0.15, 0.2) is 48.5 Å². The summed E-state index contributed by atoms with van der Waals surface area (Å²) in [5, 5.41) is 21.8. The summed E-state index contributed by atoms with van der Waals surface area (Å²) in [5.74, 6) is -0.336. The number of hydrogen-bond donors (Lipinski definition) is 1. The molecule has 2 aromatic heterocycles. The van der Waals surface area contributed by atoms with E-state index in [-0.39, 0.29) is 4.88 Å². The molecule has 0 spiro atoms. The second kappa shape index (κ2) is 6.73. The van der Waals surface area contributed by atoms with Crippen molar-refractivity contribution in [1.82, 2.24) is 25.2 Å². The van der Waals surface area contributed by atoms with E-state index in [1.54, 1.807) is 18.7 Å². The molecule has 134 valence electrons. The van der Waals surface area contributed by atoms with Crippen LogP contribution in [0, 0.1) is 6.92 Å². The summed E-state index contributed by atoms with van der Waals surface area (Å²) in [5.41, 5.74) is 4.23. The number of nitrogens with zero attached hydrogens (tertiary/aromatic N) is 5. The maximum absolute atomic E-state index is 11.3. The molecule has 0 radical (unpaired) electrons. The summed E-state index contributed by atoms with van der Waals surface area (Å²) in [6.45, 7) is 1.70. The highest BCUT2D eigenvalue weighted by molar-refractivity contribution is 7.17. The molecule has 2 aromatic carbocycles. The first-order chi connectivity index (χ1) is 13.0. The molecule has 7 nitrogen and oxygen atoms in total. The van der Waals surface area contributed by atoms with Crippen LogP contribution in [0.4, 0.5) is 0 Å². The Morgan fingerprint density at radius 1 is 1.07 bits per heavy atom. The van der Waals surface area contributed by atoms with Gasteiger partial charge in [-0.25, -0.2) is 14.5 Å². The molecule has 0 atom stereocenters. The van der Waals surface area contributed by atoms with Crippen molar-refractivity contribution in [2.45, 2.75) is 6.92 Å². The predicted octanol–water partition coefficient (Wildman–Crippen LogP) is 3.67. The van der Waals surface area contributed by atoms with Gasteiger partial charge in [0.15, 0.2) is 5.82 Å². The number of tetrazole rings is 1. The molecule has 0 aliphatic heterocycles. The van der Waals surface area contributed by atoms with Gasteiger partial charge in [0.1, 0.15) is 9.88 Å². The zero-order valence-electron chi connectivity index (χ0n) is 14.6. The van der Waals surface area contributed by atoms with Gasteiger partial charge in [-0.1, -0.05) is 42.5 Å². The van der Waals surface area contributed by atoms with Crippen LogP contribution in [0.1, 0.15) is 15.4 Å². The average Bonchev–Trinajstić information content (AvgIpc) is 3.27. The lowest BCUT2D eigenvalue weighted by Gasteiger charge is -2.10. The molecule has 4 rings (SSSR count). The number of rotatable bonds is 4. The van der Waals surface area contributed by atoms with E-state index in [0.717, 1.165) is 33.6 Å². The van der Waals surface area contributed by atoms with Crippen LogP contribution in [-0.4, -0.2) is 36.3 Å². The van der Waals surface area contributed by atoms with Crippen LogP contribution in [0.3, 0.4) is 0 Å². The van der Waals surface area contributed by atoms with Crippen molar-refractivity contribution >= 4 is 17.3 Å². The third-order valence-electron chi connectivity index (χ3n) is 4.20. The number of thiazole rings is 1. The van der Waals surface area contributed by atoms with Gasteiger partial charge < -0.3 is 5.11 Å². The van der Waals surface area contributed by atoms with Gasteiger partial charge in [-0.15, -0.1) is 16.4 Å². The number of benzene rings is 2. The Kier molecular flexibility index (Phi) is 4.25. The smallest absolute Gasteiger partial charge is 0.347 e. The number of carboxylic acid groups (broad SMARTS) is 1. The third-order valence-corrected chi connectivity index (χ3v) is 5.40. The van der Waals surface area contributed by atoms with E-state index in [0.29, 0.717) is 16.5 Å². The Bertz CT molecular complexity index is 1130. The van der Waals surface area contributed by atoms with Gasteiger partial charge in [-0.05, 0) is 34.5 Å². The minimum Gasteiger partial charge on any atom is -0.477 e. The van der Waals surface area contributed by atoms with E-state index in [4.69, 9.17) is 0 Å². The lowest BCUT2D eigenvalue weighted by atomic mass is 9.97. The zero-order chi connectivity index (χ0) is 19.0. The summed E-state index contributed by atoms with van der Waals surface area (Å²) in [6.07, 6.45) is 0. The van der Waals surface area contributed by atoms with Crippen LogP contribution >= 0.6 is 11.3 Å². The highest BCUT2D eigenvalue weighted by Crippen LogP contribution is 2.36. The first-order valence-electron chi connectivity index (χ1n) is 8.18. The van der Waals surface area contributed by atoms with Crippen LogP contribution in [0.25, 0.3) is 33.1 Å². The quantitative estimate of drug-likeness (QED) is 0.583. The van der Waals surface area contributed by atoms with Crippen molar-refractivity contribution in [2.24, 2.45) is 7.05 Å². The highest BCUT2D eigenvalue weighted by Gasteiger charge is 2.18. The maximum atomic E-state index is 11.3. The van der Waals surface area contributed by atoms with Crippen molar-refractivity contribution in [3.05, 3.63) is 59.1 Å². The van der Waals surface area contributed by atoms with Gasteiger partial charge in [0.25, 0.3) is 0 Å². The standard InChI is InChI=1S/C19H15N5O2S/c1-11-16(19(25)26)27-18(20-11)13-8-9-14(12-6-4-3-5-7-12)15(10-13)17-21-22-23-24(17)2/h3-10H,1-2H3,(H,25,26). The Morgan fingerprint density at radius 3 is 2.48 bits per heavy atom. The number of aromatic nitrogens is 5. The number of carbonyl (C=O) groups is 1. The molecule has 0 aliphatic rings. The third kappa shape index (κ3) is 3.11. The number of aromatic carboxylic acids is 1. The normalized spacial score (nSPS) is 10.9. The lowest BCUT2D eigenvalue weighted by Crippen LogP contribution is -1.97. The second-order valence-corrected chi connectivity index (χ2v) is 6.99. The van der Waals surface area contributed by atoms with Crippen molar-refractivity contribution in [3.63, 3.8) is 0 Å². The molecule has 0 unspecified atom stereocenters. The summed E-state index contributed by atoms with van der Waals surface area (Å²) in [4.78, 5) is 16.0. The molecular formula is C19H15N5O2S. The first-order valence-corrected chi connectivity index (χ1v) is 8.99. The van der Waals surface area contributed by atoms with E-state index in [1.807, 2.05) is 48.5 Å². The van der Waals surface area contributed by atoms with Gasteiger partial charge in [0.05, 0.1) is 5.69 Å². The molecule has 27 heavy (non-hydrogen) atoms. The van der Waals surface area contributed by atoms with Crippen LogP contribution in [0.2, 0.25) is 0 Å². The molecule has 0 fully saturated rings. The fourth-order valence-corrected chi connectivity index (χ4v) is 3.81. The molecule has 0 saturated carbocycles. The van der Waals surface area contributed by atoms with E-state index >= 15 is 0 Å². The summed E-state index contributed by atoms with van der Waals surface area (Å²) < 4.78 is 1.61. The SMILES string of the molecule is Cc1nc(-c2ccc(-c3ccccc3)c(-c3nnnn3C)c2)sc1C(=O)O. The van der Waals surface area contributed by atoms with Gasteiger partial charge >= 0.3 is 5.97 Å². The van der Waals surface area contributed by atoms with Crippen LogP contribution in [-0.2, 0) is 7.05 Å². The average molecular weight is 377 g/mol. The Hall–Kier alpha value is -3.39. The van der Waals surface area contributed by atoms with Crippen molar-refractivity contribution in [1.29, 1.82) is 0 Å². The molecule has 8 heteroatoms. The predicted molar refractivity (Wildman–Crippen MR) is 102 cm³/mol. The molecule has 0 bridgehead atoms. The maximum Gasteiger partial charge on any atom is 0.347 e. The van der Waals surface area contributed by atoms with Crippen molar-refractivity contribution in [2.75, 3.05) is 0 Å². The number of aryl methyl sites for hydroxylation is 2. The first kappa shape index (κ1) is 17.0. The van der Waals surface area contributed by atoms with Gasteiger partial charge in [-0.3, -0.25) is 0 Å². The van der Waals surface area contributed by atoms with E-state index in [2.05, 4.69) is 20.5 Å². The minimum absolute atomic E-state index is 0.249. The van der Waals surface area contributed by atoms with Crippen LogP contribution in [0.5, 0.6) is 0 Å². The molecule has 4 aromatic rings. The summed E-state index contributed by atoms with van der Waals surface area (Å²) >= 11 is 1.16. The molecular weight excluding hydrogens is 362 g/mol. The largest absolute Gasteiger partial charge is 0.477 e. The van der Waals surface area contributed by atoms with E-state index in [1.165, 1.54) is 0 Å². The molecule has 0 saturated heterocycles. The monoisotopic (exact) mass is 377 g/mol. The van der Waals surface area contributed by atoms with E-state index < -0.39 is 5.97 Å². The fraction of sp³-hybridized carbons (Fsp3) is 0.105. The van der Waals surface area contributed by atoms with Gasteiger partial charge in [-0.2, -0.15) is 0 Å².